The number of carbonyl (C=O) groups is 1. The van der Waals surface area contributed by atoms with Crippen molar-refractivity contribution >= 4 is 22.4 Å². The highest BCUT2D eigenvalue weighted by Crippen LogP contribution is 2.30. The number of thiazole rings is 1. The molecule has 1 aromatic rings. The number of hydrogen-bond acceptors (Lipinski definition) is 4. The molecular formula is C14H22N2O2S. The van der Waals surface area contributed by atoms with Gasteiger partial charge in [0.1, 0.15) is 4.88 Å². The number of nitrogens with one attached hydrogen (secondary N) is 1. The maximum absolute atomic E-state index is 10.9. The zero-order chi connectivity index (χ0) is 13.8. The van der Waals surface area contributed by atoms with Gasteiger partial charge in [0.25, 0.3) is 0 Å². The van der Waals surface area contributed by atoms with Gasteiger partial charge in [-0.3, -0.25) is 0 Å². The number of anilines is 1. The van der Waals surface area contributed by atoms with Gasteiger partial charge in [-0.25, -0.2) is 9.78 Å². The minimum Gasteiger partial charge on any atom is -0.477 e. The van der Waals surface area contributed by atoms with E-state index in [0.29, 0.717) is 10.6 Å². The molecule has 1 aromatic heterocycles. The number of hydrogen-bond donors (Lipinski definition) is 2. The molecular weight excluding hydrogens is 260 g/mol. The fourth-order valence-corrected chi connectivity index (χ4v) is 3.50. The molecule has 19 heavy (non-hydrogen) atoms. The van der Waals surface area contributed by atoms with Gasteiger partial charge in [-0.2, -0.15) is 0 Å². The van der Waals surface area contributed by atoms with Gasteiger partial charge in [-0.15, -0.1) is 0 Å². The highest BCUT2D eigenvalue weighted by molar-refractivity contribution is 7.17. The van der Waals surface area contributed by atoms with E-state index in [2.05, 4.69) is 17.2 Å². The molecule has 1 saturated carbocycles. The Morgan fingerprint density at radius 3 is 2.68 bits per heavy atom. The number of carboxylic acid groups (broad SMARTS) is 1. The van der Waals surface area contributed by atoms with Gasteiger partial charge in [0.15, 0.2) is 5.13 Å². The molecule has 2 rings (SSSR count). The van der Waals surface area contributed by atoms with E-state index >= 15 is 0 Å². The van der Waals surface area contributed by atoms with Crippen molar-refractivity contribution in [1.82, 2.24) is 4.98 Å². The number of aromatic carboxylic acids is 1. The monoisotopic (exact) mass is 282 g/mol. The molecule has 0 radical (unpaired) electrons. The number of aryl methyl sites for hydroxylation is 1. The Balaban J connectivity index is 1.76. The van der Waals surface area contributed by atoms with Crippen LogP contribution in [0.3, 0.4) is 0 Å². The lowest BCUT2D eigenvalue weighted by molar-refractivity contribution is 0.0701. The maximum atomic E-state index is 10.9. The SMILES string of the molecule is Cc1nc(NCCC2CCC(C)CC2)sc1C(=O)O. The molecule has 2 N–H and O–H groups in total. The first-order valence-electron chi connectivity index (χ1n) is 7.01. The first-order chi connectivity index (χ1) is 9.06. The lowest BCUT2D eigenvalue weighted by Gasteiger charge is -2.26. The molecule has 106 valence electrons. The fraction of sp³-hybridized carbons (Fsp3) is 0.714. The van der Waals surface area contributed by atoms with E-state index in [9.17, 15) is 4.79 Å². The van der Waals surface area contributed by atoms with E-state index in [1.807, 2.05) is 0 Å². The van der Waals surface area contributed by atoms with Crippen molar-refractivity contribution in [3.05, 3.63) is 10.6 Å². The number of carboxylic acids is 1. The van der Waals surface area contributed by atoms with Gasteiger partial charge in [0, 0.05) is 6.54 Å². The van der Waals surface area contributed by atoms with Crippen LogP contribution in [-0.2, 0) is 0 Å². The summed E-state index contributed by atoms with van der Waals surface area (Å²) < 4.78 is 0. The molecule has 0 bridgehead atoms. The van der Waals surface area contributed by atoms with Crippen molar-refractivity contribution in [2.75, 3.05) is 11.9 Å². The summed E-state index contributed by atoms with van der Waals surface area (Å²) in [7, 11) is 0. The number of nitrogens with zero attached hydrogens (tertiary/aromatic N) is 1. The van der Waals surface area contributed by atoms with Gasteiger partial charge in [-0.1, -0.05) is 43.9 Å². The predicted molar refractivity (Wildman–Crippen MR) is 78.0 cm³/mol. The van der Waals surface area contributed by atoms with Crippen molar-refractivity contribution in [2.45, 2.75) is 46.0 Å². The highest BCUT2D eigenvalue weighted by Gasteiger charge is 2.18. The second kappa shape index (κ2) is 6.37. The fourth-order valence-electron chi connectivity index (χ4n) is 2.67. The Bertz CT molecular complexity index is 437. The lowest BCUT2D eigenvalue weighted by Crippen LogP contribution is -2.15. The van der Waals surface area contributed by atoms with Crippen LogP contribution in [0.2, 0.25) is 0 Å². The van der Waals surface area contributed by atoms with Crippen LogP contribution in [0, 0.1) is 18.8 Å². The average molecular weight is 282 g/mol. The Morgan fingerprint density at radius 2 is 2.11 bits per heavy atom. The third-order valence-corrected chi connectivity index (χ3v) is 5.06. The van der Waals surface area contributed by atoms with Crippen molar-refractivity contribution in [2.24, 2.45) is 11.8 Å². The van der Waals surface area contributed by atoms with Crippen LogP contribution in [0.15, 0.2) is 0 Å². The summed E-state index contributed by atoms with van der Waals surface area (Å²) in [6.45, 7) is 4.97. The standard InChI is InChI=1S/C14H22N2O2S/c1-9-3-5-11(6-4-9)7-8-15-14-16-10(2)12(19-14)13(17)18/h9,11H,3-8H2,1-2H3,(H,15,16)(H,17,18). The molecule has 0 unspecified atom stereocenters. The zero-order valence-electron chi connectivity index (χ0n) is 11.6. The van der Waals surface area contributed by atoms with E-state index in [4.69, 9.17) is 5.11 Å². The molecule has 1 heterocycles. The molecule has 0 aromatic carbocycles. The molecule has 0 aliphatic heterocycles. The van der Waals surface area contributed by atoms with E-state index in [-0.39, 0.29) is 0 Å². The summed E-state index contributed by atoms with van der Waals surface area (Å²) >= 11 is 1.23. The van der Waals surface area contributed by atoms with Crippen molar-refractivity contribution < 1.29 is 9.90 Å². The maximum Gasteiger partial charge on any atom is 0.347 e. The van der Waals surface area contributed by atoms with Crippen LogP contribution in [0.1, 0.15) is 54.4 Å². The third-order valence-electron chi connectivity index (χ3n) is 3.96. The van der Waals surface area contributed by atoms with Crippen LogP contribution in [0.4, 0.5) is 5.13 Å². The third kappa shape index (κ3) is 3.93. The van der Waals surface area contributed by atoms with Crippen LogP contribution in [-0.4, -0.2) is 22.6 Å². The van der Waals surface area contributed by atoms with Crippen LogP contribution in [0.5, 0.6) is 0 Å². The first-order valence-corrected chi connectivity index (χ1v) is 7.82. The molecule has 5 heteroatoms. The lowest BCUT2D eigenvalue weighted by atomic mass is 9.81. The number of rotatable bonds is 5. The summed E-state index contributed by atoms with van der Waals surface area (Å²) in [5, 5.41) is 13.0. The van der Waals surface area contributed by atoms with Crippen LogP contribution in [0.25, 0.3) is 0 Å². The molecule has 0 spiro atoms. The Hall–Kier alpha value is -1.10. The normalized spacial score (nSPS) is 23.3. The average Bonchev–Trinajstić information content (AvgIpc) is 2.73. The van der Waals surface area contributed by atoms with Gasteiger partial charge < -0.3 is 10.4 Å². The van der Waals surface area contributed by atoms with Gasteiger partial charge in [0.05, 0.1) is 5.69 Å². The van der Waals surface area contributed by atoms with Gasteiger partial charge in [0.2, 0.25) is 0 Å². The summed E-state index contributed by atoms with van der Waals surface area (Å²) in [5.41, 5.74) is 0.603. The van der Waals surface area contributed by atoms with Crippen LogP contribution < -0.4 is 5.32 Å². The van der Waals surface area contributed by atoms with Gasteiger partial charge in [-0.05, 0) is 25.2 Å². The molecule has 1 aliphatic rings. The van der Waals surface area contributed by atoms with Gasteiger partial charge >= 0.3 is 5.97 Å². The second-order valence-electron chi connectivity index (χ2n) is 5.58. The Kier molecular flexibility index (Phi) is 4.80. The summed E-state index contributed by atoms with van der Waals surface area (Å²) in [4.78, 5) is 15.5. The predicted octanol–water partition coefficient (Wildman–Crippen LogP) is 3.78. The van der Waals surface area contributed by atoms with E-state index in [1.54, 1.807) is 6.92 Å². The number of aromatic nitrogens is 1. The summed E-state index contributed by atoms with van der Waals surface area (Å²) in [6.07, 6.45) is 6.53. The van der Waals surface area contributed by atoms with Crippen molar-refractivity contribution in [1.29, 1.82) is 0 Å². The highest BCUT2D eigenvalue weighted by atomic mass is 32.1. The van der Waals surface area contributed by atoms with Crippen molar-refractivity contribution in [3.63, 3.8) is 0 Å². The zero-order valence-corrected chi connectivity index (χ0v) is 12.4. The molecule has 0 atom stereocenters. The molecule has 0 amide bonds. The molecule has 0 saturated heterocycles. The Morgan fingerprint density at radius 1 is 1.42 bits per heavy atom. The summed E-state index contributed by atoms with van der Waals surface area (Å²) in [5.74, 6) is 0.831. The largest absolute Gasteiger partial charge is 0.477 e. The Labute approximate surface area is 118 Å². The quantitative estimate of drug-likeness (QED) is 0.862. The molecule has 4 nitrogen and oxygen atoms in total. The van der Waals surface area contributed by atoms with Crippen molar-refractivity contribution in [3.8, 4) is 0 Å². The van der Waals surface area contributed by atoms with E-state index in [0.717, 1.165) is 29.9 Å². The minimum absolute atomic E-state index is 0.342. The second-order valence-corrected chi connectivity index (χ2v) is 6.58. The first kappa shape index (κ1) is 14.3. The minimum atomic E-state index is -0.885. The molecule has 1 fully saturated rings. The van der Waals surface area contributed by atoms with E-state index in [1.165, 1.54) is 37.0 Å². The topological polar surface area (TPSA) is 62.2 Å². The van der Waals surface area contributed by atoms with Crippen LogP contribution >= 0.6 is 11.3 Å². The summed E-state index contributed by atoms with van der Waals surface area (Å²) in [6, 6.07) is 0. The smallest absolute Gasteiger partial charge is 0.347 e. The molecule has 1 aliphatic carbocycles. The van der Waals surface area contributed by atoms with E-state index < -0.39 is 5.97 Å².